The first-order chi connectivity index (χ1) is 7.11. The first-order valence-electron chi connectivity index (χ1n) is 5.62. The van der Waals surface area contributed by atoms with Crippen LogP contribution in [-0.2, 0) is 9.53 Å². The normalized spacial score (nSPS) is 21.7. The van der Waals surface area contributed by atoms with E-state index in [9.17, 15) is 4.79 Å². The van der Waals surface area contributed by atoms with Gasteiger partial charge in [0.25, 0.3) is 0 Å². The number of hydrogen-bond donors (Lipinski definition) is 0. The van der Waals surface area contributed by atoms with E-state index in [-0.39, 0.29) is 10.7 Å². The molecule has 1 heterocycles. The average molecular weight is 278 g/mol. The summed E-state index contributed by atoms with van der Waals surface area (Å²) in [4.78, 5) is 13.4. The summed E-state index contributed by atoms with van der Waals surface area (Å²) in [6, 6.07) is 0. The highest BCUT2D eigenvalue weighted by molar-refractivity contribution is 9.10. The zero-order valence-electron chi connectivity index (χ0n) is 9.54. The molecule has 1 fully saturated rings. The molecule has 0 aromatic carbocycles. The lowest BCUT2D eigenvalue weighted by atomic mass is 10.1. The molecule has 1 amide bonds. The van der Waals surface area contributed by atoms with Gasteiger partial charge in [-0.1, -0.05) is 29.8 Å². The predicted octanol–water partition coefficient (Wildman–Crippen LogP) is 2.04. The molecule has 15 heavy (non-hydrogen) atoms. The van der Waals surface area contributed by atoms with Gasteiger partial charge in [-0.15, -0.1) is 0 Å². The molecule has 0 aliphatic carbocycles. The summed E-state index contributed by atoms with van der Waals surface area (Å²) >= 11 is 3.35. The van der Waals surface area contributed by atoms with Crippen molar-refractivity contribution in [3.05, 3.63) is 0 Å². The lowest BCUT2D eigenvalue weighted by molar-refractivity contribution is -0.127. The van der Waals surface area contributed by atoms with Gasteiger partial charge in [-0.2, -0.15) is 0 Å². The van der Waals surface area contributed by atoms with Gasteiger partial charge >= 0.3 is 0 Å². The van der Waals surface area contributed by atoms with Crippen molar-refractivity contribution in [1.29, 1.82) is 0 Å². The van der Waals surface area contributed by atoms with Crippen molar-refractivity contribution in [3.8, 4) is 0 Å². The van der Waals surface area contributed by atoms with Crippen molar-refractivity contribution >= 4 is 21.8 Å². The first-order valence-corrected chi connectivity index (χ1v) is 6.53. The zero-order chi connectivity index (χ0) is 11.3. The Morgan fingerprint density at radius 1 is 1.53 bits per heavy atom. The molecule has 1 rings (SSSR count). The number of amides is 1. The molecule has 0 saturated carbocycles. The molecule has 0 bridgehead atoms. The van der Waals surface area contributed by atoms with E-state index in [2.05, 4.69) is 29.8 Å². The maximum absolute atomic E-state index is 11.5. The van der Waals surface area contributed by atoms with Crippen molar-refractivity contribution in [2.75, 3.05) is 26.3 Å². The van der Waals surface area contributed by atoms with Crippen molar-refractivity contribution in [2.45, 2.75) is 31.5 Å². The molecule has 3 nitrogen and oxygen atoms in total. The van der Waals surface area contributed by atoms with E-state index in [1.807, 2.05) is 4.90 Å². The average Bonchev–Trinajstić information content (AvgIpc) is 2.48. The molecule has 0 aromatic heterocycles. The number of hydrogen-bond acceptors (Lipinski definition) is 2. The third kappa shape index (κ3) is 4.51. The number of nitrogens with zero attached hydrogens (tertiary/aromatic N) is 1. The standard InChI is InChI=1S/C11H20BrNO2/c1-9(2)4-7-15-8-6-13-5-3-10(12)11(13)14/h9-10H,3-8H2,1-2H3. The van der Waals surface area contributed by atoms with Crippen LogP contribution in [0.2, 0.25) is 0 Å². The van der Waals surface area contributed by atoms with Gasteiger partial charge in [0.15, 0.2) is 0 Å². The molecule has 1 aliphatic rings. The molecule has 88 valence electrons. The van der Waals surface area contributed by atoms with Crippen molar-refractivity contribution in [2.24, 2.45) is 5.92 Å². The van der Waals surface area contributed by atoms with Crippen LogP contribution >= 0.6 is 15.9 Å². The van der Waals surface area contributed by atoms with Crippen molar-refractivity contribution < 1.29 is 9.53 Å². The van der Waals surface area contributed by atoms with Crippen LogP contribution in [0, 0.1) is 5.92 Å². The van der Waals surface area contributed by atoms with Gasteiger partial charge in [0, 0.05) is 19.7 Å². The first kappa shape index (κ1) is 13.0. The van der Waals surface area contributed by atoms with E-state index >= 15 is 0 Å². The van der Waals surface area contributed by atoms with E-state index in [4.69, 9.17) is 4.74 Å². The predicted molar refractivity (Wildman–Crippen MR) is 64.2 cm³/mol. The molecule has 1 aliphatic heterocycles. The third-order valence-electron chi connectivity index (χ3n) is 2.58. The highest BCUT2D eigenvalue weighted by atomic mass is 79.9. The molecule has 0 aromatic rings. The Hall–Kier alpha value is -0.0900. The number of ether oxygens (including phenoxy) is 1. The number of rotatable bonds is 6. The van der Waals surface area contributed by atoms with Crippen molar-refractivity contribution in [1.82, 2.24) is 4.90 Å². The molecule has 4 heteroatoms. The van der Waals surface area contributed by atoms with Gasteiger partial charge < -0.3 is 9.64 Å². The fraction of sp³-hybridized carbons (Fsp3) is 0.909. The monoisotopic (exact) mass is 277 g/mol. The van der Waals surface area contributed by atoms with Gasteiger partial charge in [0.2, 0.25) is 5.91 Å². The quantitative estimate of drug-likeness (QED) is 0.549. The Morgan fingerprint density at radius 2 is 2.27 bits per heavy atom. The highest BCUT2D eigenvalue weighted by Crippen LogP contribution is 2.17. The summed E-state index contributed by atoms with van der Waals surface area (Å²) in [5.41, 5.74) is 0. The van der Waals surface area contributed by atoms with Gasteiger partial charge in [-0.3, -0.25) is 4.79 Å². The summed E-state index contributed by atoms with van der Waals surface area (Å²) in [6.45, 7) is 7.43. The molecular weight excluding hydrogens is 258 g/mol. The number of carbonyl (C=O) groups excluding carboxylic acids is 1. The Bertz CT molecular complexity index is 209. The summed E-state index contributed by atoms with van der Waals surface area (Å²) < 4.78 is 5.48. The van der Waals surface area contributed by atoms with Crippen LogP contribution in [0.15, 0.2) is 0 Å². The maximum atomic E-state index is 11.5. The van der Waals surface area contributed by atoms with Crippen LogP contribution in [-0.4, -0.2) is 41.9 Å². The molecule has 0 radical (unpaired) electrons. The van der Waals surface area contributed by atoms with Crippen LogP contribution < -0.4 is 0 Å². The van der Waals surface area contributed by atoms with E-state index in [1.54, 1.807) is 0 Å². The number of likely N-dealkylation sites (tertiary alicyclic amines) is 1. The second kappa shape index (κ2) is 6.48. The second-order valence-corrected chi connectivity index (χ2v) is 5.48. The smallest absolute Gasteiger partial charge is 0.236 e. The summed E-state index contributed by atoms with van der Waals surface area (Å²) in [5, 5.41) is 0. The van der Waals surface area contributed by atoms with Crippen LogP contribution in [0.3, 0.4) is 0 Å². The third-order valence-corrected chi connectivity index (χ3v) is 3.43. The molecule has 1 atom stereocenters. The lowest BCUT2D eigenvalue weighted by Crippen LogP contribution is -2.31. The van der Waals surface area contributed by atoms with Crippen LogP contribution in [0.4, 0.5) is 0 Å². The Kier molecular flexibility index (Phi) is 5.61. The largest absolute Gasteiger partial charge is 0.380 e. The SMILES string of the molecule is CC(C)CCOCCN1CCC(Br)C1=O. The Morgan fingerprint density at radius 3 is 2.80 bits per heavy atom. The fourth-order valence-electron chi connectivity index (χ4n) is 1.52. The Labute approximate surface area is 100 Å². The van der Waals surface area contributed by atoms with E-state index in [0.29, 0.717) is 12.5 Å². The van der Waals surface area contributed by atoms with Gasteiger partial charge in [-0.25, -0.2) is 0 Å². The molecule has 1 saturated heterocycles. The van der Waals surface area contributed by atoms with Crippen LogP contribution in [0.5, 0.6) is 0 Å². The number of alkyl halides is 1. The van der Waals surface area contributed by atoms with Gasteiger partial charge in [0.1, 0.15) is 0 Å². The van der Waals surface area contributed by atoms with Crippen LogP contribution in [0.1, 0.15) is 26.7 Å². The van der Waals surface area contributed by atoms with Gasteiger partial charge in [0.05, 0.1) is 11.4 Å². The highest BCUT2D eigenvalue weighted by Gasteiger charge is 2.28. The minimum atomic E-state index is 0.0353. The molecule has 0 spiro atoms. The minimum Gasteiger partial charge on any atom is -0.380 e. The lowest BCUT2D eigenvalue weighted by Gasteiger charge is -2.15. The van der Waals surface area contributed by atoms with Gasteiger partial charge in [-0.05, 0) is 18.8 Å². The molecule has 0 N–H and O–H groups in total. The summed E-state index contributed by atoms with van der Waals surface area (Å²) in [7, 11) is 0. The number of halogens is 1. The fourth-order valence-corrected chi connectivity index (χ4v) is 2.01. The minimum absolute atomic E-state index is 0.0353. The maximum Gasteiger partial charge on any atom is 0.236 e. The zero-order valence-corrected chi connectivity index (χ0v) is 11.1. The Balaban J connectivity index is 2.03. The topological polar surface area (TPSA) is 29.5 Å². The molecular formula is C11H20BrNO2. The number of carbonyl (C=O) groups is 1. The second-order valence-electron chi connectivity index (χ2n) is 4.38. The summed E-state index contributed by atoms with van der Waals surface area (Å²) in [6.07, 6.45) is 2.01. The van der Waals surface area contributed by atoms with E-state index < -0.39 is 0 Å². The van der Waals surface area contributed by atoms with Crippen LogP contribution in [0.25, 0.3) is 0 Å². The van der Waals surface area contributed by atoms with E-state index in [1.165, 1.54) is 0 Å². The van der Waals surface area contributed by atoms with Crippen molar-refractivity contribution in [3.63, 3.8) is 0 Å². The van der Waals surface area contributed by atoms with E-state index in [0.717, 1.165) is 32.5 Å². The summed E-state index contributed by atoms with van der Waals surface area (Å²) in [5.74, 6) is 0.896. The molecule has 1 unspecified atom stereocenters.